The van der Waals surface area contributed by atoms with Crippen LogP contribution >= 0.6 is 0 Å². The Morgan fingerprint density at radius 1 is 1.27 bits per heavy atom. The van der Waals surface area contributed by atoms with Gasteiger partial charge in [0, 0.05) is 6.54 Å². The van der Waals surface area contributed by atoms with Gasteiger partial charge in [0.15, 0.2) is 0 Å². The molecule has 1 saturated carbocycles. The van der Waals surface area contributed by atoms with Crippen molar-refractivity contribution in [3.63, 3.8) is 0 Å². The zero-order chi connectivity index (χ0) is 16.0. The van der Waals surface area contributed by atoms with Gasteiger partial charge in [0.2, 0.25) is 5.91 Å². The van der Waals surface area contributed by atoms with Gasteiger partial charge in [0.25, 0.3) is 0 Å². The third kappa shape index (κ3) is 3.80. The van der Waals surface area contributed by atoms with Crippen LogP contribution in [-0.4, -0.2) is 30.8 Å². The summed E-state index contributed by atoms with van der Waals surface area (Å²) in [6.07, 6.45) is 5.33. The summed E-state index contributed by atoms with van der Waals surface area (Å²) in [6, 6.07) is 7.88. The van der Waals surface area contributed by atoms with Crippen molar-refractivity contribution >= 4 is 5.91 Å². The molecule has 2 N–H and O–H groups in total. The van der Waals surface area contributed by atoms with Crippen LogP contribution in [-0.2, 0) is 10.2 Å². The van der Waals surface area contributed by atoms with Gasteiger partial charge in [-0.15, -0.1) is 0 Å². The third-order valence-corrected chi connectivity index (χ3v) is 4.63. The molecule has 0 spiro atoms. The first kappa shape index (κ1) is 16.8. The summed E-state index contributed by atoms with van der Waals surface area (Å²) >= 11 is 0. The zero-order valence-corrected chi connectivity index (χ0v) is 13.6. The number of amides is 1. The number of methoxy groups -OCH3 is 1. The molecule has 1 fully saturated rings. The van der Waals surface area contributed by atoms with E-state index in [2.05, 4.69) is 5.32 Å². The van der Waals surface area contributed by atoms with Crippen molar-refractivity contribution in [2.75, 3.05) is 13.7 Å². The summed E-state index contributed by atoms with van der Waals surface area (Å²) in [7, 11) is 1.65. The Hall–Kier alpha value is -1.55. The Morgan fingerprint density at radius 2 is 1.91 bits per heavy atom. The molecular weight excluding hydrogens is 278 g/mol. The van der Waals surface area contributed by atoms with Gasteiger partial charge in [-0.3, -0.25) is 4.79 Å². The zero-order valence-electron chi connectivity index (χ0n) is 13.6. The van der Waals surface area contributed by atoms with Crippen LogP contribution in [0.4, 0.5) is 0 Å². The monoisotopic (exact) mass is 305 g/mol. The molecule has 0 aliphatic heterocycles. The van der Waals surface area contributed by atoms with Gasteiger partial charge >= 0.3 is 0 Å². The highest BCUT2D eigenvalue weighted by atomic mass is 16.5. The van der Waals surface area contributed by atoms with E-state index in [9.17, 15) is 9.90 Å². The molecule has 0 bridgehead atoms. The smallest absolute Gasteiger partial charge is 0.230 e. The van der Waals surface area contributed by atoms with Gasteiger partial charge < -0.3 is 15.2 Å². The molecule has 0 saturated heterocycles. The quantitative estimate of drug-likeness (QED) is 0.849. The van der Waals surface area contributed by atoms with Crippen molar-refractivity contribution in [3.8, 4) is 5.75 Å². The lowest BCUT2D eigenvalue weighted by atomic mass is 9.68. The van der Waals surface area contributed by atoms with E-state index in [1.165, 1.54) is 6.42 Å². The molecule has 1 aliphatic carbocycles. The maximum absolute atomic E-state index is 12.8. The summed E-state index contributed by atoms with van der Waals surface area (Å²) in [4.78, 5) is 12.8. The van der Waals surface area contributed by atoms with Crippen molar-refractivity contribution in [3.05, 3.63) is 29.8 Å². The molecule has 1 aromatic carbocycles. The van der Waals surface area contributed by atoms with Gasteiger partial charge in [0.05, 0.1) is 18.6 Å². The maximum Gasteiger partial charge on any atom is 0.230 e. The molecule has 1 aliphatic rings. The maximum atomic E-state index is 12.8. The average Bonchev–Trinajstić information content (AvgIpc) is 2.55. The van der Waals surface area contributed by atoms with Crippen molar-refractivity contribution in [2.24, 2.45) is 0 Å². The van der Waals surface area contributed by atoms with Gasteiger partial charge in [-0.25, -0.2) is 0 Å². The standard InChI is InChI=1S/C18H27NO3/c1-14(20)10-13-19-17(21)18(11-4-3-5-12-18)15-6-8-16(22-2)9-7-15/h6-9,14,20H,3-5,10-13H2,1-2H3,(H,19,21). The first-order valence-electron chi connectivity index (χ1n) is 8.19. The van der Waals surface area contributed by atoms with Crippen molar-refractivity contribution in [2.45, 2.75) is 57.0 Å². The highest BCUT2D eigenvalue weighted by Gasteiger charge is 2.40. The van der Waals surface area contributed by atoms with E-state index in [0.717, 1.165) is 37.0 Å². The Morgan fingerprint density at radius 3 is 2.45 bits per heavy atom. The van der Waals surface area contributed by atoms with Crippen LogP contribution in [0, 0.1) is 0 Å². The Balaban J connectivity index is 2.17. The largest absolute Gasteiger partial charge is 0.497 e. The first-order valence-corrected chi connectivity index (χ1v) is 8.19. The van der Waals surface area contributed by atoms with E-state index in [4.69, 9.17) is 4.74 Å². The minimum atomic E-state index is -0.427. The molecule has 1 atom stereocenters. The van der Waals surface area contributed by atoms with Gasteiger partial charge in [-0.05, 0) is 43.9 Å². The molecule has 2 rings (SSSR count). The van der Waals surface area contributed by atoms with E-state index in [-0.39, 0.29) is 12.0 Å². The molecule has 0 heterocycles. The summed E-state index contributed by atoms with van der Waals surface area (Å²) < 4.78 is 5.21. The summed E-state index contributed by atoms with van der Waals surface area (Å²) in [6.45, 7) is 2.26. The van der Waals surface area contributed by atoms with Crippen LogP contribution in [0.15, 0.2) is 24.3 Å². The number of carbonyl (C=O) groups excluding carboxylic acids is 1. The second-order valence-corrected chi connectivity index (χ2v) is 6.26. The van der Waals surface area contributed by atoms with Crippen molar-refractivity contribution in [1.82, 2.24) is 5.32 Å². The molecule has 0 radical (unpaired) electrons. The molecule has 4 heteroatoms. The van der Waals surface area contributed by atoms with Crippen LogP contribution in [0.5, 0.6) is 5.75 Å². The number of aliphatic hydroxyl groups is 1. The predicted octanol–water partition coefficient (Wildman–Crippen LogP) is 2.78. The van der Waals surface area contributed by atoms with E-state index < -0.39 is 5.41 Å². The number of benzene rings is 1. The number of hydrogen-bond acceptors (Lipinski definition) is 3. The normalized spacial score (nSPS) is 18.5. The predicted molar refractivity (Wildman–Crippen MR) is 87.1 cm³/mol. The lowest BCUT2D eigenvalue weighted by Crippen LogP contribution is -2.46. The van der Waals surface area contributed by atoms with Crippen LogP contribution in [0.1, 0.15) is 51.0 Å². The number of nitrogens with one attached hydrogen (secondary N) is 1. The Labute approximate surface area is 132 Å². The van der Waals surface area contributed by atoms with Crippen LogP contribution in [0.25, 0.3) is 0 Å². The minimum absolute atomic E-state index is 0.0954. The molecule has 1 amide bonds. The minimum Gasteiger partial charge on any atom is -0.497 e. The highest BCUT2D eigenvalue weighted by molar-refractivity contribution is 5.88. The van der Waals surface area contributed by atoms with E-state index in [1.807, 2.05) is 24.3 Å². The molecule has 22 heavy (non-hydrogen) atoms. The lowest BCUT2D eigenvalue weighted by molar-refractivity contribution is -0.128. The number of hydrogen-bond donors (Lipinski definition) is 2. The summed E-state index contributed by atoms with van der Waals surface area (Å²) in [5.74, 6) is 0.905. The SMILES string of the molecule is COc1ccc(C2(C(=O)NCCC(C)O)CCCCC2)cc1. The molecule has 4 nitrogen and oxygen atoms in total. The fraction of sp³-hybridized carbons (Fsp3) is 0.611. The topological polar surface area (TPSA) is 58.6 Å². The van der Waals surface area contributed by atoms with Gasteiger partial charge in [-0.2, -0.15) is 0 Å². The Bertz CT molecular complexity index is 476. The van der Waals surface area contributed by atoms with Crippen molar-refractivity contribution < 1.29 is 14.6 Å². The molecule has 122 valence electrons. The first-order chi connectivity index (χ1) is 10.6. The second-order valence-electron chi connectivity index (χ2n) is 6.26. The summed E-state index contributed by atoms with van der Waals surface area (Å²) in [5, 5.41) is 12.4. The Kier molecular flexibility index (Phi) is 5.83. The van der Waals surface area contributed by atoms with Gasteiger partial charge in [-0.1, -0.05) is 31.4 Å². The number of rotatable bonds is 6. The van der Waals surface area contributed by atoms with Gasteiger partial charge in [0.1, 0.15) is 5.75 Å². The number of aliphatic hydroxyl groups excluding tert-OH is 1. The van der Waals surface area contributed by atoms with E-state index in [1.54, 1.807) is 14.0 Å². The number of carbonyl (C=O) groups is 1. The number of ether oxygens (including phenoxy) is 1. The lowest BCUT2D eigenvalue weighted by Gasteiger charge is -2.36. The highest BCUT2D eigenvalue weighted by Crippen LogP contribution is 2.40. The van der Waals surface area contributed by atoms with Crippen LogP contribution < -0.4 is 10.1 Å². The molecule has 1 aromatic rings. The molecule has 1 unspecified atom stereocenters. The van der Waals surface area contributed by atoms with Crippen LogP contribution in [0.2, 0.25) is 0 Å². The molecule has 0 aromatic heterocycles. The fourth-order valence-corrected chi connectivity index (χ4v) is 3.28. The fourth-order valence-electron chi connectivity index (χ4n) is 3.28. The van der Waals surface area contributed by atoms with E-state index in [0.29, 0.717) is 13.0 Å². The summed E-state index contributed by atoms with van der Waals surface area (Å²) in [5.41, 5.74) is 0.644. The molecular formula is C18H27NO3. The van der Waals surface area contributed by atoms with E-state index >= 15 is 0 Å². The third-order valence-electron chi connectivity index (χ3n) is 4.63. The average molecular weight is 305 g/mol. The van der Waals surface area contributed by atoms with Crippen LogP contribution in [0.3, 0.4) is 0 Å². The second kappa shape index (κ2) is 7.63. The van der Waals surface area contributed by atoms with Crippen molar-refractivity contribution in [1.29, 1.82) is 0 Å².